The molecule has 6 heteroatoms. The molecule has 0 heterocycles. The van der Waals surface area contributed by atoms with Crippen LogP contribution >= 0.6 is 12.4 Å². The summed E-state index contributed by atoms with van der Waals surface area (Å²) in [5, 5.41) is 5.96. The number of carbonyl (C=O) groups excluding carboxylic acids is 2. The normalized spacial score (nSPS) is 27.5. The first-order chi connectivity index (χ1) is 9.56. The average molecular weight is 318 g/mol. The van der Waals surface area contributed by atoms with Crippen LogP contribution in [0.3, 0.4) is 0 Å². The van der Waals surface area contributed by atoms with Gasteiger partial charge in [-0.1, -0.05) is 12.8 Å². The number of carbonyl (C=O) groups is 2. The van der Waals surface area contributed by atoms with E-state index in [-0.39, 0.29) is 42.3 Å². The second-order valence-electron chi connectivity index (χ2n) is 6.34. The fraction of sp³-hybridized carbons (Fsp3) is 0.867. The van der Waals surface area contributed by atoms with E-state index in [1.165, 1.54) is 6.92 Å². The SMILES string of the molecule is CC(=O)NC(C(=O)NC1CCC(N)CC1)C1CCCC1.Cl. The number of amides is 2. The van der Waals surface area contributed by atoms with E-state index in [0.29, 0.717) is 5.92 Å². The number of hydrogen-bond acceptors (Lipinski definition) is 3. The maximum atomic E-state index is 12.5. The number of rotatable bonds is 4. The van der Waals surface area contributed by atoms with Gasteiger partial charge in [-0.15, -0.1) is 12.4 Å². The molecule has 2 saturated carbocycles. The third-order valence-corrected chi connectivity index (χ3v) is 4.63. The molecule has 2 rings (SSSR count). The van der Waals surface area contributed by atoms with Crippen molar-refractivity contribution in [2.24, 2.45) is 11.7 Å². The zero-order valence-corrected chi connectivity index (χ0v) is 13.6. The molecule has 2 amide bonds. The monoisotopic (exact) mass is 317 g/mol. The van der Waals surface area contributed by atoms with Gasteiger partial charge < -0.3 is 16.4 Å². The lowest BCUT2D eigenvalue weighted by atomic mass is 9.90. The fourth-order valence-corrected chi connectivity index (χ4v) is 3.46. The molecule has 0 bridgehead atoms. The third kappa shape index (κ3) is 5.47. The fourth-order valence-electron chi connectivity index (χ4n) is 3.46. The lowest BCUT2D eigenvalue weighted by Crippen LogP contribution is -2.53. The molecule has 2 aliphatic carbocycles. The zero-order valence-electron chi connectivity index (χ0n) is 12.8. The van der Waals surface area contributed by atoms with Crippen LogP contribution in [0, 0.1) is 5.92 Å². The second kappa shape index (κ2) is 8.59. The van der Waals surface area contributed by atoms with Gasteiger partial charge in [0, 0.05) is 19.0 Å². The van der Waals surface area contributed by atoms with Crippen LogP contribution in [0.15, 0.2) is 0 Å². The molecule has 0 aromatic rings. The summed E-state index contributed by atoms with van der Waals surface area (Å²) >= 11 is 0. The first kappa shape index (κ1) is 18.2. The zero-order chi connectivity index (χ0) is 14.5. The summed E-state index contributed by atoms with van der Waals surface area (Å²) in [5.74, 6) is 0.167. The van der Waals surface area contributed by atoms with Gasteiger partial charge in [-0.05, 0) is 44.4 Å². The number of hydrogen-bond donors (Lipinski definition) is 3. The third-order valence-electron chi connectivity index (χ3n) is 4.63. The highest BCUT2D eigenvalue weighted by Gasteiger charge is 2.32. The van der Waals surface area contributed by atoms with Crippen molar-refractivity contribution < 1.29 is 9.59 Å². The van der Waals surface area contributed by atoms with Crippen LogP contribution in [0.2, 0.25) is 0 Å². The first-order valence-electron chi connectivity index (χ1n) is 7.89. The van der Waals surface area contributed by atoms with Crippen molar-refractivity contribution in [2.45, 2.75) is 76.4 Å². The van der Waals surface area contributed by atoms with Crippen molar-refractivity contribution in [1.29, 1.82) is 0 Å². The van der Waals surface area contributed by atoms with Gasteiger partial charge >= 0.3 is 0 Å². The summed E-state index contributed by atoms with van der Waals surface area (Å²) in [6.45, 7) is 1.48. The second-order valence-corrected chi connectivity index (χ2v) is 6.34. The van der Waals surface area contributed by atoms with Gasteiger partial charge in [0.25, 0.3) is 0 Å². The van der Waals surface area contributed by atoms with Gasteiger partial charge in [0.05, 0.1) is 0 Å². The maximum Gasteiger partial charge on any atom is 0.243 e. The number of nitrogens with one attached hydrogen (secondary N) is 2. The van der Waals surface area contributed by atoms with Crippen molar-refractivity contribution in [1.82, 2.24) is 10.6 Å². The Balaban J connectivity index is 0.00000220. The van der Waals surface area contributed by atoms with Gasteiger partial charge in [0.2, 0.25) is 11.8 Å². The van der Waals surface area contributed by atoms with E-state index < -0.39 is 0 Å². The van der Waals surface area contributed by atoms with Gasteiger partial charge in [-0.2, -0.15) is 0 Å². The van der Waals surface area contributed by atoms with Crippen LogP contribution in [-0.2, 0) is 9.59 Å². The molecule has 2 fully saturated rings. The predicted octanol–water partition coefficient (Wildman–Crippen LogP) is 1.49. The molecule has 4 N–H and O–H groups in total. The minimum absolute atomic E-state index is 0. The highest BCUT2D eigenvalue weighted by atomic mass is 35.5. The highest BCUT2D eigenvalue weighted by Crippen LogP contribution is 2.28. The lowest BCUT2D eigenvalue weighted by Gasteiger charge is -2.30. The molecule has 21 heavy (non-hydrogen) atoms. The van der Waals surface area contributed by atoms with E-state index in [1.54, 1.807) is 0 Å². The Bertz CT molecular complexity index is 351. The quantitative estimate of drug-likeness (QED) is 0.734. The number of halogens is 1. The molecule has 122 valence electrons. The molecular formula is C15H28ClN3O2. The average Bonchev–Trinajstić information content (AvgIpc) is 2.92. The van der Waals surface area contributed by atoms with Gasteiger partial charge in [0.1, 0.15) is 6.04 Å². The van der Waals surface area contributed by atoms with E-state index in [4.69, 9.17) is 5.73 Å². The van der Waals surface area contributed by atoms with Crippen molar-refractivity contribution in [3.63, 3.8) is 0 Å². The topological polar surface area (TPSA) is 84.2 Å². The molecule has 0 aliphatic heterocycles. The molecule has 1 atom stereocenters. The Morgan fingerprint density at radius 3 is 2.14 bits per heavy atom. The molecule has 1 unspecified atom stereocenters. The summed E-state index contributed by atoms with van der Waals surface area (Å²) in [4.78, 5) is 23.8. The van der Waals surface area contributed by atoms with Gasteiger partial charge in [-0.3, -0.25) is 9.59 Å². The molecule has 0 aromatic heterocycles. The molecule has 0 saturated heterocycles. The lowest BCUT2D eigenvalue weighted by molar-refractivity contribution is -0.130. The van der Waals surface area contributed by atoms with Gasteiger partial charge in [0.15, 0.2) is 0 Å². The predicted molar refractivity (Wildman–Crippen MR) is 85.2 cm³/mol. The van der Waals surface area contributed by atoms with Crippen molar-refractivity contribution in [3.8, 4) is 0 Å². The summed E-state index contributed by atoms with van der Waals surface area (Å²) in [6.07, 6.45) is 8.23. The largest absolute Gasteiger partial charge is 0.352 e. The van der Waals surface area contributed by atoms with Crippen LogP contribution in [-0.4, -0.2) is 29.9 Å². The van der Waals surface area contributed by atoms with E-state index in [9.17, 15) is 9.59 Å². The smallest absolute Gasteiger partial charge is 0.243 e. The molecule has 0 aromatic carbocycles. The first-order valence-corrected chi connectivity index (χ1v) is 7.89. The van der Waals surface area contributed by atoms with E-state index in [2.05, 4.69) is 10.6 Å². The van der Waals surface area contributed by atoms with Crippen LogP contribution in [0.4, 0.5) is 0 Å². The minimum Gasteiger partial charge on any atom is -0.352 e. The summed E-state index contributed by atoms with van der Waals surface area (Å²) in [5.41, 5.74) is 5.88. The Hall–Kier alpha value is -0.810. The standard InChI is InChI=1S/C15H27N3O2.ClH/c1-10(19)17-14(11-4-2-3-5-11)15(20)18-13-8-6-12(16)7-9-13;/h11-14H,2-9,16H2,1H3,(H,17,19)(H,18,20);1H. The summed E-state index contributed by atoms with van der Waals surface area (Å²) in [6, 6.07) is 0.148. The van der Waals surface area contributed by atoms with Crippen molar-refractivity contribution in [3.05, 3.63) is 0 Å². The molecule has 5 nitrogen and oxygen atoms in total. The van der Waals surface area contributed by atoms with Crippen LogP contribution in [0.25, 0.3) is 0 Å². The minimum atomic E-state index is -0.356. The molecular weight excluding hydrogens is 290 g/mol. The van der Waals surface area contributed by atoms with Gasteiger partial charge in [-0.25, -0.2) is 0 Å². The van der Waals surface area contributed by atoms with Crippen LogP contribution in [0.1, 0.15) is 58.3 Å². The van der Waals surface area contributed by atoms with E-state index in [1.807, 2.05) is 0 Å². The Morgan fingerprint density at radius 2 is 1.62 bits per heavy atom. The maximum absolute atomic E-state index is 12.5. The molecule has 0 radical (unpaired) electrons. The van der Waals surface area contributed by atoms with Crippen molar-refractivity contribution in [2.75, 3.05) is 0 Å². The Labute approximate surface area is 133 Å². The Morgan fingerprint density at radius 1 is 1.05 bits per heavy atom. The van der Waals surface area contributed by atoms with E-state index >= 15 is 0 Å². The number of nitrogens with two attached hydrogens (primary N) is 1. The van der Waals surface area contributed by atoms with Crippen LogP contribution < -0.4 is 16.4 Å². The van der Waals surface area contributed by atoms with Crippen LogP contribution in [0.5, 0.6) is 0 Å². The van der Waals surface area contributed by atoms with Crippen molar-refractivity contribution >= 4 is 24.2 Å². The highest BCUT2D eigenvalue weighted by molar-refractivity contribution is 5.87. The molecule has 0 spiro atoms. The van der Waals surface area contributed by atoms with E-state index in [0.717, 1.165) is 51.4 Å². The Kier molecular flexibility index (Phi) is 7.46. The summed E-state index contributed by atoms with van der Waals surface area (Å²) in [7, 11) is 0. The molecule has 2 aliphatic rings. The summed E-state index contributed by atoms with van der Waals surface area (Å²) < 4.78 is 0.